The predicted molar refractivity (Wildman–Crippen MR) is 64.0 cm³/mol. The van der Waals surface area contributed by atoms with E-state index in [1.54, 1.807) is 12.1 Å². The van der Waals surface area contributed by atoms with E-state index in [-0.39, 0.29) is 17.5 Å². The van der Waals surface area contributed by atoms with Gasteiger partial charge in [-0.15, -0.1) is 0 Å². The lowest BCUT2D eigenvalue weighted by molar-refractivity contribution is 0.368. The van der Waals surface area contributed by atoms with Crippen LogP contribution < -0.4 is 10.1 Å². The van der Waals surface area contributed by atoms with Crippen molar-refractivity contribution in [1.82, 2.24) is 5.32 Å². The number of benzene rings is 1. The number of methoxy groups -OCH3 is 1. The topological polar surface area (TPSA) is 65.3 Å². The monoisotopic (exact) mass is 232 g/mol. The second-order valence-corrected chi connectivity index (χ2v) is 4.24. The third-order valence-corrected chi connectivity index (χ3v) is 3.13. The van der Waals surface area contributed by atoms with Crippen LogP contribution in [0, 0.1) is 11.3 Å². The molecule has 0 amide bonds. The summed E-state index contributed by atoms with van der Waals surface area (Å²) in [4.78, 5) is 0. The van der Waals surface area contributed by atoms with Crippen molar-refractivity contribution in [3.8, 4) is 17.6 Å². The number of rotatable bonds is 2. The van der Waals surface area contributed by atoms with Gasteiger partial charge < -0.3 is 15.2 Å². The largest absolute Gasteiger partial charge is 0.504 e. The number of hydrogen-bond acceptors (Lipinski definition) is 4. The van der Waals surface area contributed by atoms with E-state index in [0.29, 0.717) is 5.56 Å². The number of nitriles is 1. The Morgan fingerprint density at radius 1 is 1.47 bits per heavy atom. The minimum absolute atomic E-state index is 0.0360. The van der Waals surface area contributed by atoms with Crippen LogP contribution in [-0.2, 0) is 0 Å². The maximum atomic E-state index is 9.83. The van der Waals surface area contributed by atoms with Crippen LogP contribution in [0.15, 0.2) is 12.1 Å². The molecule has 0 aliphatic carbocycles. The summed E-state index contributed by atoms with van der Waals surface area (Å²) in [5, 5.41) is 22.3. The molecule has 0 saturated carbocycles. The molecule has 1 aromatic rings. The lowest BCUT2D eigenvalue weighted by Gasteiger charge is -2.24. The van der Waals surface area contributed by atoms with Crippen LogP contribution in [0.4, 0.5) is 0 Å². The Hall–Kier alpha value is -1.73. The summed E-state index contributed by atoms with van der Waals surface area (Å²) in [6.07, 6.45) is 3.40. The molecule has 4 heteroatoms. The zero-order valence-electron chi connectivity index (χ0n) is 9.86. The fourth-order valence-electron chi connectivity index (χ4n) is 2.27. The van der Waals surface area contributed by atoms with Crippen molar-refractivity contribution in [2.75, 3.05) is 13.7 Å². The van der Waals surface area contributed by atoms with E-state index < -0.39 is 0 Å². The van der Waals surface area contributed by atoms with Crippen molar-refractivity contribution in [2.24, 2.45) is 0 Å². The Morgan fingerprint density at radius 3 is 2.88 bits per heavy atom. The first kappa shape index (κ1) is 11.7. The second-order valence-electron chi connectivity index (χ2n) is 4.24. The average Bonchev–Trinajstić information content (AvgIpc) is 2.38. The zero-order chi connectivity index (χ0) is 12.3. The van der Waals surface area contributed by atoms with Crippen LogP contribution in [0.2, 0.25) is 0 Å². The van der Waals surface area contributed by atoms with Crippen LogP contribution in [0.1, 0.15) is 36.4 Å². The second kappa shape index (κ2) is 5.07. The first-order chi connectivity index (χ1) is 8.26. The Bertz CT molecular complexity index is 445. The zero-order valence-corrected chi connectivity index (χ0v) is 9.86. The normalized spacial score (nSPS) is 19.6. The van der Waals surface area contributed by atoms with E-state index >= 15 is 0 Å². The lowest BCUT2D eigenvalue weighted by Crippen LogP contribution is -2.26. The number of nitrogens with one attached hydrogen (secondary N) is 1. The van der Waals surface area contributed by atoms with Crippen molar-refractivity contribution in [3.63, 3.8) is 0 Å². The van der Waals surface area contributed by atoms with E-state index in [4.69, 9.17) is 10.00 Å². The predicted octanol–water partition coefficient (Wildman–Crippen LogP) is 2.09. The third kappa shape index (κ3) is 2.34. The van der Waals surface area contributed by atoms with Gasteiger partial charge in [-0.25, -0.2) is 0 Å². The van der Waals surface area contributed by atoms with Crippen molar-refractivity contribution in [3.05, 3.63) is 23.3 Å². The molecule has 4 nitrogen and oxygen atoms in total. The van der Waals surface area contributed by atoms with Gasteiger partial charge in [0.15, 0.2) is 11.5 Å². The molecule has 1 atom stereocenters. The molecule has 0 aromatic heterocycles. The standard InChI is InChI=1S/C13H16N2O2/c1-17-13-10(8-14)6-9(7-12(13)16)11-4-2-3-5-15-11/h6-7,11,15-16H,2-5H2,1H3. The molecule has 0 spiro atoms. The summed E-state index contributed by atoms with van der Waals surface area (Å²) in [7, 11) is 1.45. The number of hydrogen-bond donors (Lipinski definition) is 2. The molecule has 1 aromatic carbocycles. The highest BCUT2D eigenvalue weighted by molar-refractivity contribution is 5.54. The molecule has 1 unspecified atom stereocenters. The van der Waals surface area contributed by atoms with Crippen LogP contribution in [0.3, 0.4) is 0 Å². The molecule has 90 valence electrons. The molecule has 1 fully saturated rings. The first-order valence-electron chi connectivity index (χ1n) is 5.80. The molecule has 1 saturated heterocycles. The highest BCUT2D eigenvalue weighted by atomic mass is 16.5. The van der Waals surface area contributed by atoms with Gasteiger partial charge in [0.2, 0.25) is 0 Å². The van der Waals surface area contributed by atoms with E-state index in [0.717, 1.165) is 18.5 Å². The highest BCUT2D eigenvalue weighted by Gasteiger charge is 2.18. The summed E-state index contributed by atoms with van der Waals surface area (Å²) in [6.45, 7) is 0.985. The van der Waals surface area contributed by atoms with Gasteiger partial charge >= 0.3 is 0 Å². The summed E-state index contributed by atoms with van der Waals surface area (Å²) in [6, 6.07) is 5.76. The fourth-order valence-corrected chi connectivity index (χ4v) is 2.27. The molecular formula is C13H16N2O2. The molecule has 1 heterocycles. The van der Waals surface area contributed by atoms with Gasteiger partial charge in [0.25, 0.3) is 0 Å². The van der Waals surface area contributed by atoms with Gasteiger partial charge in [0, 0.05) is 6.04 Å². The number of ether oxygens (including phenoxy) is 1. The van der Waals surface area contributed by atoms with Gasteiger partial charge in [0.05, 0.1) is 12.7 Å². The third-order valence-electron chi connectivity index (χ3n) is 3.13. The van der Waals surface area contributed by atoms with Gasteiger partial charge in [0.1, 0.15) is 6.07 Å². The molecule has 1 aliphatic rings. The Morgan fingerprint density at radius 2 is 2.29 bits per heavy atom. The minimum atomic E-state index is 0.0360. The van der Waals surface area contributed by atoms with E-state index in [1.165, 1.54) is 20.0 Å². The van der Waals surface area contributed by atoms with E-state index in [1.807, 2.05) is 0 Å². The number of phenols is 1. The Kier molecular flexibility index (Phi) is 3.50. The SMILES string of the molecule is COc1c(O)cc(C2CCCCN2)cc1C#N. The van der Waals surface area contributed by atoms with E-state index in [9.17, 15) is 5.11 Å². The van der Waals surface area contributed by atoms with Crippen LogP contribution in [-0.4, -0.2) is 18.8 Å². The molecule has 0 bridgehead atoms. The summed E-state index contributed by atoms with van der Waals surface area (Å²) < 4.78 is 5.02. The minimum Gasteiger partial charge on any atom is -0.504 e. The summed E-state index contributed by atoms with van der Waals surface area (Å²) >= 11 is 0. The number of piperidine rings is 1. The van der Waals surface area contributed by atoms with E-state index in [2.05, 4.69) is 11.4 Å². The molecule has 0 radical (unpaired) electrons. The number of nitrogens with zero attached hydrogens (tertiary/aromatic N) is 1. The van der Waals surface area contributed by atoms with Crippen molar-refractivity contribution in [2.45, 2.75) is 25.3 Å². The van der Waals surface area contributed by atoms with Gasteiger partial charge in [-0.3, -0.25) is 0 Å². The molecule has 1 aliphatic heterocycles. The van der Waals surface area contributed by atoms with Crippen LogP contribution in [0.25, 0.3) is 0 Å². The smallest absolute Gasteiger partial charge is 0.178 e. The Labute approximate surface area is 101 Å². The fraction of sp³-hybridized carbons (Fsp3) is 0.462. The molecule has 2 rings (SSSR count). The van der Waals surface area contributed by atoms with Gasteiger partial charge in [-0.1, -0.05) is 6.42 Å². The number of phenolic OH excluding ortho intramolecular Hbond substituents is 1. The van der Waals surface area contributed by atoms with Gasteiger partial charge in [-0.05, 0) is 37.1 Å². The quantitative estimate of drug-likeness (QED) is 0.819. The molecule has 2 N–H and O–H groups in total. The molecular weight excluding hydrogens is 216 g/mol. The molecule has 17 heavy (non-hydrogen) atoms. The maximum absolute atomic E-state index is 9.83. The van der Waals surface area contributed by atoms with Gasteiger partial charge in [-0.2, -0.15) is 5.26 Å². The average molecular weight is 232 g/mol. The highest BCUT2D eigenvalue weighted by Crippen LogP contribution is 2.34. The lowest BCUT2D eigenvalue weighted by atomic mass is 9.95. The number of aromatic hydroxyl groups is 1. The summed E-state index contributed by atoms with van der Waals surface area (Å²) in [5.41, 5.74) is 1.34. The van der Waals surface area contributed by atoms with Crippen LogP contribution >= 0.6 is 0 Å². The van der Waals surface area contributed by atoms with Crippen molar-refractivity contribution < 1.29 is 9.84 Å². The van der Waals surface area contributed by atoms with Crippen molar-refractivity contribution in [1.29, 1.82) is 5.26 Å². The summed E-state index contributed by atoms with van der Waals surface area (Å²) in [5.74, 6) is 0.293. The Balaban J connectivity index is 2.36. The van der Waals surface area contributed by atoms with Crippen molar-refractivity contribution >= 4 is 0 Å². The first-order valence-corrected chi connectivity index (χ1v) is 5.80. The maximum Gasteiger partial charge on any atom is 0.178 e. The van der Waals surface area contributed by atoms with Crippen LogP contribution in [0.5, 0.6) is 11.5 Å².